The number of rotatable bonds is 4. The van der Waals surface area contributed by atoms with E-state index in [0.717, 1.165) is 19.4 Å². The lowest BCUT2D eigenvalue weighted by atomic mass is 10.2. The highest BCUT2D eigenvalue weighted by molar-refractivity contribution is 5.69. The molecule has 0 unspecified atom stereocenters. The second-order valence-electron chi connectivity index (χ2n) is 5.94. The molecule has 0 aromatic carbocycles. The van der Waals surface area contributed by atoms with E-state index in [1.54, 1.807) is 0 Å². The summed E-state index contributed by atoms with van der Waals surface area (Å²) in [6, 6.07) is 0.443. The minimum Gasteiger partial charge on any atom is -0.444 e. The molecule has 0 spiro atoms. The van der Waals surface area contributed by atoms with Crippen molar-refractivity contribution >= 4 is 6.09 Å². The maximum absolute atomic E-state index is 11.6. The summed E-state index contributed by atoms with van der Waals surface area (Å²) < 4.78 is 5.24. The second kappa shape index (κ2) is 4.62. The molecule has 0 bridgehead atoms. The zero-order chi connectivity index (χ0) is 12.4. The number of alkyl carbamates (subject to hydrolysis) is 1. The molecule has 0 aliphatic heterocycles. The Bertz CT molecular complexity index is 252. The predicted molar refractivity (Wildman–Crippen MR) is 64.5 cm³/mol. The molecule has 4 heteroatoms. The fourth-order valence-electron chi connectivity index (χ4n) is 1.42. The fourth-order valence-corrected chi connectivity index (χ4v) is 1.42. The molecule has 1 amide bonds. The molecule has 0 atom stereocenters. The first-order chi connectivity index (χ1) is 7.22. The molecule has 0 saturated heterocycles. The largest absolute Gasteiger partial charge is 0.444 e. The smallest absolute Gasteiger partial charge is 0.408 e. The van der Waals surface area contributed by atoms with E-state index in [1.165, 1.54) is 0 Å². The number of carbonyl (C=O) groups is 1. The van der Waals surface area contributed by atoms with Crippen molar-refractivity contribution in [1.29, 1.82) is 0 Å². The van der Waals surface area contributed by atoms with Crippen LogP contribution in [0.3, 0.4) is 0 Å². The van der Waals surface area contributed by atoms with E-state index in [9.17, 15) is 4.79 Å². The van der Waals surface area contributed by atoms with Gasteiger partial charge in [-0.2, -0.15) is 0 Å². The van der Waals surface area contributed by atoms with Crippen molar-refractivity contribution in [3.8, 4) is 0 Å². The number of hydrogen-bond acceptors (Lipinski definition) is 3. The molecule has 16 heavy (non-hydrogen) atoms. The molecule has 0 heterocycles. The van der Waals surface area contributed by atoms with E-state index in [2.05, 4.69) is 24.5 Å². The van der Waals surface area contributed by atoms with Crippen LogP contribution >= 0.6 is 0 Å². The number of hydrogen-bond donors (Lipinski definition) is 2. The summed E-state index contributed by atoms with van der Waals surface area (Å²) in [4.78, 5) is 11.6. The summed E-state index contributed by atoms with van der Waals surface area (Å²) in [7, 11) is 0. The van der Waals surface area contributed by atoms with Crippen LogP contribution in [0.25, 0.3) is 0 Å². The Kier molecular flexibility index (Phi) is 3.84. The maximum atomic E-state index is 11.6. The monoisotopic (exact) mass is 228 g/mol. The van der Waals surface area contributed by atoms with Crippen LogP contribution in [-0.4, -0.2) is 29.8 Å². The molecule has 1 fully saturated rings. The summed E-state index contributed by atoms with van der Waals surface area (Å²) in [5.41, 5.74) is -0.488. The van der Waals surface area contributed by atoms with E-state index in [0.29, 0.717) is 6.04 Å². The van der Waals surface area contributed by atoms with Crippen LogP contribution in [0.5, 0.6) is 0 Å². The first kappa shape index (κ1) is 13.3. The maximum Gasteiger partial charge on any atom is 0.408 e. The highest BCUT2D eigenvalue weighted by Gasteiger charge is 2.44. The molecule has 2 N–H and O–H groups in total. The molecule has 0 aromatic rings. The van der Waals surface area contributed by atoms with E-state index >= 15 is 0 Å². The summed E-state index contributed by atoms with van der Waals surface area (Å²) in [5.74, 6) is 0. The zero-order valence-corrected chi connectivity index (χ0v) is 11.0. The van der Waals surface area contributed by atoms with Crippen LogP contribution in [0.1, 0.15) is 47.5 Å². The van der Waals surface area contributed by atoms with Crippen molar-refractivity contribution in [3.05, 3.63) is 0 Å². The van der Waals surface area contributed by atoms with Crippen molar-refractivity contribution in [1.82, 2.24) is 10.6 Å². The van der Waals surface area contributed by atoms with Gasteiger partial charge in [0.05, 0.1) is 5.54 Å². The highest BCUT2D eigenvalue weighted by atomic mass is 16.6. The molecular weight excluding hydrogens is 204 g/mol. The standard InChI is InChI=1S/C12H24N2O2/c1-9(2)13-8-12(6-7-12)14-10(15)16-11(3,4)5/h9,13H,6-8H2,1-5H3,(H,14,15). The van der Waals surface area contributed by atoms with E-state index in [4.69, 9.17) is 4.74 Å². The normalized spacial score (nSPS) is 18.4. The van der Waals surface area contributed by atoms with Crippen LogP contribution in [0, 0.1) is 0 Å². The molecule has 1 aliphatic carbocycles. The summed E-state index contributed by atoms with van der Waals surface area (Å²) >= 11 is 0. The Morgan fingerprint density at radius 2 is 1.94 bits per heavy atom. The van der Waals surface area contributed by atoms with Crippen LogP contribution in [-0.2, 0) is 4.74 Å². The molecule has 1 rings (SSSR count). The molecule has 0 radical (unpaired) electrons. The van der Waals surface area contributed by atoms with Crippen molar-refractivity contribution in [2.45, 2.75) is 64.6 Å². The van der Waals surface area contributed by atoms with Gasteiger partial charge in [0.15, 0.2) is 0 Å². The molecule has 4 nitrogen and oxygen atoms in total. The van der Waals surface area contributed by atoms with Gasteiger partial charge in [0.1, 0.15) is 5.60 Å². The predicted octanol–water partition coefficient (Wildman–Crippen LogP) is 2.04. The van der Waals surface area contributed by atoms with Gasteiger partial charge in [-0.15, -0.1) is 0 Å². The summed E-state index contributed by atoms with van der Waals surface area (Å²) in [6.45, 7) is 10.6. The van der Waals surface area contributed by atoms with E-state index < -0.39 is 5.60 Å². The minimum absolute atomic E-state index is 0.0629. The third-order valence-corrected chi connectivity index (χ3v) is 2.47. The Labute approximate surface area is 98.1 Å². The number of amides is 1. The Hall–Kier alpha value is -0.770. The lowest BCUT2D eigenvalue weighted by molar-refractivity contribution is 0.0495. The number of carbonyl (C=O) groups excluding carboxylic acids is 1. The van der Waals surface area contributed by atoms with Crippen molar-refractivity contribution in [3.63, 3.8) is 0 Å². The molecular formula is C12H24N2O2. The highest BCUT2D eigenvalue weighted by Crippen LogP contribution is 2.34. The Morgan fingerprint density at radius 3 is 2.31 bits per heavy atom. The second-order valence-corrected chi connectivity index (χ2v) is 5.94. The van der Waals surface area contributed by atoms with Gasteiger partial charge < -0.3 is 15.4 Å². The molecule has 1 aliphatic rings. The van der Waals surface area contributed by atoms with Crippen LogP contribution in [0.2, 0.25) is 0 Å². The van der Waals surface area contributed by atoms with Crippen molar-refractivity contribution in [2.75, 3.05) is 6.54 Å². The van der Waals surface area contributed by atoms with Gasteiger partial charge in [0.2, 0.25) is 0 Å². The van der Waals surface area contributed by atoms with Gasteiger partial charge in [-0.05, 0) is 33.6 Å². The van der Waals surface area contributed by atoms with Crippen LogP contribution in [0.4, 0.5) is 4.79 Å². The molecule has 1 saturated carbocycles. The Balaban J connectivity index is 2.33. The summed E-state index contributed by atoms with van der Waals surface area (Å²) in [6.07, 6.45) is 1.76. The van der Waals surface area contributed by atoms with Gasteiger partial charge in [-0.25, -0.2) is 4.79 Å². The third-order valence-electron chi connectivity index (χ3n) is 2.47. The number of nitrogens with one attached hydrogen (secondary N) is 2. The minimum atomic E-state index is -0.425. The molecule has 0 aromatic heterocycles. The lowest BCUT2D eigenvalue weighted by Crippen LogP contribution is -2.47. The van der Waals surface area contributed by atoms with E-state index in [1.807, 2.05) is 20.8 Å². The summed E-state index contributed by atoms with van der Waals surface area (Å²) in [5, 5.41) is 6.30. The van der Waals surface area contributed by atoms with Gasteiger partial charge >= 0.3 is 6.09 Å². The topological polar surface area (TPSA) is 50.4 Å². The Morgan fingerprint density at radius 1 is 1.38 bits per heavy atom. The zero-order valence-electron chi connectivity index (χ0n) is 11.0. The quantitative estimate of drug-likeness (QED) is 0.774. The van der Waals surface area contributed by atoms with Gasteiger partial charge in [0.25, 0.3) is 0 Å². The van der Waals surface area contributed by atoms with Crippen molar-refractivity contribution < 1.29 is 9.53 Å². The lowest BCUT2D eigenvalue weighted by Gasteiger charge is -2.24. The SMILES string of the molecule is CC(C)NCC1(NC(=O)OC(C)(C)C)CC1. The van der Waals surface area contributed by atoms with Gasteiger partial charge in [-0.1, -0.05) is 13.8 Å². The van der Waals surface area contributed by atoms with Crippen molar-refractivity contribution in [2.24, 2.45) is 0 Å². The van der Waals surface area contributed by atoms with E-state index in [-0.39, 0.29) is 11.6 Å². The van der Waals surface area contributed by atoms with Crippen LogP contribution < -0.4 is 10.6 Å². The third kappa shape index (κ3) is 4.84. The first-order valence-electron chi connectivity index (χ1n) is 5.97. The fraction of sp³-hybridized carbons (Fsp3) is 0.917. The number of ether oxygens (including phenoxy) is 1. The van der Waals surface area contributed by atoms with Gasteiger partial charge in [0, 0.05) is 12.6 Å². The first-order valence-corrected chi connectivity index (χ1v) is 5.97. The average Bonchev–Trinajstić information content (AvgIpc) is 2.78. The van der Waals surface area contributed by atoms with Gasteiger partial charge in [-0.3, -0.25) is 0 Å². The molecule has 94 valence electrons. The average molecular weight is 228 g/mol. The van der Waals surface area contributed by atoms with Crippen LogP contribution in [0.15, 0.2) is 0 Å².